The lowest BCUT2D eigenvalue weighted by Gasteiger charge is -2.12. The van der Waals surface area contributed by atoms with Crippen LogP contribution in [0.4, 0.5) is 0 Å². The van der Waals surface area contributed by atoms with Crippen LogP contribution in [0.15, 0.2) is 42.5 Å². The van der Waals surface area contributed by atoms with Gasteiger partial charge in [-0.15, -0.1) is 0 Å². The summed E-state index contributed by atoms with van der Waals surface area (Å²) in [5.74, 6) is -1.34. The van der Waals surface area contributed by atoms with E-state index in [9.17, 15) is 19.5 Å². The summed E-state index contributed by atoms with van der Waals surface area (Å²) >= 11 is 0. The Balaban J connectivity index is 2.02. The van der Waals surface area contributed by atoms with Crippen LogP contribution in [0.1, 0.15) is 97.1 Å². The largest absolute Gasteiger partial charge is 0.494 e. The second-order valence-corrected chi connectivity index (χ2v) is 8.34. The average Bonchev–Trinajstić information content (AvgIpc) is 2.82. The maximum absolute atomic E-state index is 13.1. The first-order valence-electron chi connectivity index (χ1n) is 12.3. The fourth-order valence-electron chi connectivity index (χ4n) is 3.77. The highest BCUT2D eigenvalue weighted by Crippen LogP contribution is 2.23. The number of carbonyl (C=O) groups excluding carboxylic acids is 2. The summed E-state index contributed by atoms with van der Waals surface area (Å²) in [5, 5.41) is 9.35. The highest BCUT2D eigenvalue weighted by Gasteiger charge is 2.18. The summed E-state index contributed by atoms with van der Waals surface area (Å²) in [6.07, 6.45) is 9.31. The molecule has 6 heteroatoms. The molecule has 0 aliphatic heterocycles. The number of benzene rings is 2. The number of carbonyl (C=O) groups is 3. The Hall–Kier alpha value is -3.15. The van der Waals surface area contributed by atoms with Crippen molar-refractivity contribution in [3.8, 4) is 5.75 Å². The Bertz CT molecular complexity index is 950. The summed E-state index contributed by atoms with van der Waals surface area (Å²) in [6.45, 7) is 4.71. The molecule has 184 valence electrons. The van der Waals surface area contributed by atoms with Gasteiger partial charge in [-0.25, -0.2) is 4.79 Å². The van der Waals surface area contributed by atoms with Gasteiger partial charge in [-0.05, 0) is 49.2 Å². The van der Waals surface area contributed by atoms with Crippen molar-refractivity contribution in [2.24, 2.45) is 0 Å². The number of carboxylic acid groups (broad SMARTS) is 1. The van der Waals surface area contributed by atoms with Crippen LogP contribution < -0.4 is 4.74 Å². The second-order valence-electron chi connectivity index (χ2n) is 8.34. The van der Waals surface area contributed by atoms with Crippen molar-refractivity contribution in [2.45, 2.75) is 71.6 Å². The molecule has 0 heterocycles. The van der Waals surface area contributed by atoms with Crippen molar-refractivity contribution >= 4 is 17.7 Å². The van der Waals surface area contributed by atoms with Crippen molar-refractivity contribution < 1.29 is 29.0 Å². The SMILES string of the molecule is CCCCCCCCCCOc1ccc(C(=O)c2cccc(C(=O)OCC)c2)c(CC(=O)O)c1. The van der Waals surface area contributed by atoms with Gasteiger partial charge in [0.2, 0.25) is 0 Å². The first kappa shape index (κ1) is 27.1. The fourth-order valence-corrected chi connectivity index (χ4v) is 3.77. The molecular formula is C28H36O6. The predicted molar refractivity (Wildman–Crippen MR) is 132 cm³/mol. The number of hydrogen-bond acceptors (Lipinski definition) is 5. The maximum Gasteiger partial charge on any atom is 0.338 e. The molecule has 0 bridgehead atoms. The summed E-state index contributed by atoms with van der Waals surface area (Å²) in [7, 11) is 0. The molecule has 0 amide bonds. The quantitative estimate of drug-likeness (QED) is 0.178. The highest BCUT2D eigenvalue weighted by molar-refractivity contribution is 6.11. The Labute approximate surface area is 202 Å². The number of carboxylic acids is 1. The molecule has 2 aromatic carbocycles. The van der Waals surface area contributed by atoms with E-state index in [0.717, 1.165) is 12.8 Å². The van der Waals surface area contributed by atoms with Crippen molar-refractivity contribution in [3.63, 3.8) is 0 Å². The van der Waals surface area contributed by atoms with Gasteiger partial charge in [-0.1, -0.05) is 64.0 Å². The fraction of sp³-hybridized carbons (Fsp3) is 0.464. The number of unbranched alkanes of at least 4 members (excludes halogenated alkanes) is 7. The van der Waals surface area contributed by atoms with Gasteiger partial charge >= 0.3 is 11.9 Å². The molecule has 0 unspecified atom stereocenters. The molecule has 2 aromatic rings. The van der Waals surface area contributed by atoms with E-state index >= 15 is 0 Å². The molecule has 0 aromatic heterocycles. The zero-order chi connectivity index (χ0) is 24.8. The molecule has 0 spiro atoms. The molecule has 1 N–H and O–H groups in total. The predicted octanol–water partition coefficient (Wildman–Crippen LogP) is 6.24. The number of aliphatic carboxylic acids is 1. The minimum absolute atomic E-state index is 0.236. The number of ether oxygens (including phenoxy) is 2. The molecule has 0 atom stereocenters. The van der Waals surface area contributed by atoms with Gasteiger partial charge in [0.1, 0.15) is 5.75 Å². The minimum Gasteiger partial charge on any atom is -0.494 e. The third kappa shape index (κ3) is 9.00. The van der Waals surface area contributed by atoms with Crippen molar-refractivity contribution in [1.29, 1.82) is 0 Å². The van der Waals surface area contributed by atoms with E-state index in [1.165, 1.54) is 44.6 Å². The highest BCUT2D eigenvalue weighted by atomic mass is 16.5. The van der Waals surface area contributed by atoms with Gasteiger partial charge in [0.05, 0.1) is 25.2 Å². The number of esters is 1. The molecular weight excluding hydrogens is 432 g/mol. The Kier molecular flexibility index (Phi) is 11.9. The van der Waals surface area contributed by atoms with Crippen LogP contribution in [0.25, 0.3) is 0 Å². The van der Waals surface area contributed by atoms with Crippen molar-refractivity contribution in [1.82, 2.24) is 0 Å². The zero-order valence-corrected chi connectivity index (χ0v) is 20.3. The van der Waals surface area contributed by atoms with Gasteiger partial charge in [0.15, 0.2) is 5.78 Å². The first-order valence-corrected chi connectivity index (χ1v) is 12.3. The molecule has 0 aliphatic rings. The van der Waals surface area contributed by atoms with Crippen LogP contribution in [0, 0.1) is 0 Å². The van der Waals surface area contributed by atoms with Gasteiger partial charge in [0.25, 0.3) is 0 Å². The van der Waals surface area contributed by atoms with Crippen LogP contribution in [-0.2, 0) is 16.0 Å². The van der Waals surface area contributed by atoms with E-state index in [1.54, 1.807) is 43.3 Å². The first-order chi connectivity index (χ1) is 16.5. The smallest absolute Gasteiger partial charge is 0.338 e. The third-order valence-corrected chi connectivity index (χ3v) is 5.57. The van der Waals surface area contributed by atoms with Crippen molar-refractivity contribution in [2.75, 3.05) is 13.2 Å². The second kappa shape index (κ2) is 14.9. The number of ketones is 1. The Morgan fingerprint density at radius 2 is 1.50 bits per heavy atom. The van der Waals surface area contributed by atoms with Crippen LogP contribution in [0.3, 0.4) is 0 Å². The number of rotatable bonds is 16. The summed E-state index contributed by atoms with van der Waals surface area (Å²) in [6, 6.07) is 11.2. The van der Waals surface area contributed by atoms with Gasteiger partial charge < -0.3 is 14.6 Å². The van der Waals surface area contributed by atoms with E-state index in [2.05, 4.69) is 6.92 Å². The summed E-state index contributed by atoms with van der Waals surface area (Å²) in [5.41, 5.74) is 1.23. The normalized spacial score (nSPS) is 10.6. The van der Waals surface area contributed by atoms with E-state index in [4.69, 9.17) is 9.47 Å². The Morgan fingerprint density at radius 1 is 0.824 bits per heavy atom. The molecule has 0 radical (unpaired) electrons. The number of hydrogen-bond donors (Lipinski definition) is 1. The lowest BCUT2D eigenvalue weighted by Crippen LogP contribution is -2.11. The van der Waals surface area contributed by atoms with E-state index in [1.807, 2.05) is 0 Å². The molecule has 0 saturated carbocycles. The molecule has 0 saturated heterocycles. The van der Waals surface area contributed by atoms with Crippen LogP contribution in [-0.4, -0.2) is 36.0 Å². The Morgan fingerprint density at radius 3 is 2.18 bits per heavy atom. The van der Waals surface area contributed by atoms with E-state index in [-0.39, 0.29) is 29.9 Å². The molecule has 0 aliphatic carbocycles. The molecule has 2 rings (SSSR count). The van der Waals surface area contributed by atoms with Crippen LogP contribution >= 0.6 is 0 Å². The molecule has 34 heavy (non-hydrogen) atoms. The van der Waals surface area contributed by atoms with Gasteiger partial charge in [0, 0.05) is 11.1 Å². The van der Waals surface area contributed by atoms with Crippen LogP contribution in [0.5, 0.6) is 5.75 Å². The van der Waals surface area contributed by atoms with Gasteiger partial charge in [-0.2, -0.15) is 0 Å². The van der Waals surface area contributed by atoms with Crippen molar-refractivity contribution in [3.05, 3.63) is 64.7 Å². The lowest BCUT2D eigenvalue weighted by atomic mass is 9.95. The molecule has 6 nitrogen and oxygen atoms in total. The average molecular weight is 469 g/mol. The van der Waals surface area contributed by atoms with Gasteiger partial charge in [-0.3, -0.25) is 9.59 Å². The third-order valence-electron chi connectivity index (χ3n) is 5.57. The standard InChI is InChI=1S/C28H36O6/c1-3-5-6-7-8-9-10-11-17-34-24-15-16-25(23(19-24)20-26(29)30)27(31)21-13-12-14-22(18-21)28(32)33-4-2/h12-16,18-19H,3-11,17,20H2,1-2H3,(H,29,30). The van der Waals surface area contributed by atoms with E-state index in [0.29, 0.717) is 23.5 Å². The summed E-state index contributed by atoms with van der Waals surface area (Å²) in [4.78, 5) is 36.6. The molecule has 0 fully saturated rings. The lowest BCUT2D eigenvalue weighted by molar-refractivity contribution is -0.136. The topological polar surface area (TPSA) is 89.9 Å². The minimum atomic E-state index is -1.03. The maximum atomic E-state index is 13.1. The summed E-state index contributed by atoms with van der Waals surface area (Å²) < 4.78 is 10.8. The van der Waals surface area contributed by atoms with E-state index < -0.39 is 11.9 Å². The van der Waals surface area contributed by atoms with Crippen LogP contribution in [0.2, 0.25) is 0 Å². The zero-order valence-electron chi connectivity index (χ0n) is 20.3. The monoisotopic (exact) mass is 468 g/mol.